The van der Waals surface area contributed by atoms with Crippen LogP contribution in [0, 0.1) is 0 Å². The Morgan fingerprint density at radius 2 is 1.83 bits per heavy atom. The molecule has 1 amide bonds. The molecule has 0 fully saturated rings. The van der Waals surface area contributed by atoms with Gasteiger partial charge in [-0.25, -0.2) is 9.97 Å². The van der Waals surface area contributed by atoms with E-state index in [0.29, 0.717) is 12.5 Å². The Hall–Kier alpha value is -2.96. The van der Waals surface area contributed by atoms with Gasteiger partial charge in [0, 0.05) is 51.0 Å². The Kier molecular flexibility index (Phi) is 4.41. The van der Waals surface area contributed by atoms with E-state index in [1.54, 1.807) is 24.3 Å². The van der Waals surface area contributed by atoms with Crippen LogP contribution >= 0.6 is 0 Å². The molecule has 24 heavy (non-hydrogen) atoms. The molecule has 0 saturated heterocycles. The molecule has 7 nitrogen and oxygen atoms in total. The minimum absolute atomic E-state index is 0.0149. The lowest BCUT2D eigenvalue weighted by Gasteiger charge is -2.17. The van der Waals surface area contributed by atoms with Crippen molar-refractivity contribution < 1.29 is 4.79 Å². The number of carbonyl (C=O) groups is 1. The topological polar surface area (TPSA) is 78.0 Å². The Bertz CT molecular complexity index is 840. The van der Waals surface area contributed by atoms with Crippen LogP contribution in [0.25, 0.3) is 10.9 Å². The first-order valence-corrected chi connectivity index (χ1v) is 7.69. The van der Waals surface area contributed by atoms with Gasteiger partial charge in [-0.05, 0) is 6.07 Å². The van der Waals surface area contributed by atoms with E-state index in [4.69, 9.17) is 0 Å². The molecule has 0 spiro atoms. The highest BCUT2D eigenvalue weighted by Gasteiger charge is 2.14. The van der Waals surface area contributed by atoms with E-state index in [1.807, 2.05) is 43.3 Å². The second-order valence-corrected chi connectivity index (χ2v) is 5.93. The maximum absolute atomic E-state index is 12.5. The van der Waals surface area contributed by atoms with Gasteiger partial charge in [-0.2, -0.15) is 5.10 Å². The summed E-state index contributed by atoms with van der Waals surface area (Å²) in [6, 6.07) is 7.76. The van der Waals surface area contributed by atoms with Crippen molar-refractivity contribution in [1.82, 2.24) is 25.1 Å². The highest BCUT2D eigenvalue weighted by atomic mass is 16.2. The summed E-state index contributed by atoms with van der Waals surface area (Å²) in [5.41, 5.74) is 2.60. The van der Waals surface area contributed by atoms with Crippen molar-refractivity contribution in [3.8, 4) is 0 Å². The van der Waals surface area contributed by atoms with Crippen LogP contribution in [0.1, 0.15) is 11.3 Å². The summed E-state index contributed by atoms with van der Waals surface area (Å²) in [6.07, 6.45) is 3.78. The van der Waals surface area contributed by atoms with Gasteiger partial charge in [0.2, 0.25) is 11.9 Å². The SMILES string of the molecule is CN(Cc1cnc(N(C)C)nc1)C(=O)Cc1[nH]nc2ccccc12. The van der Waals surface area contributed by atoms with Gasteiger partial charge in [-0.3, -0.25) is 9.89 Å². The van der Waals surface area contributed by atoms with Crippen molar-refractivity contribution in [3.63, 3.8) is 0 Å². The summed E-state index contributed by atoms with van der Waals surface area (Å²) in [7, 11) is 5.56. The summed E-state index contributed by atoms with van der Waals surface area (Å²) in [5, 5.41) is 8.16. The van der Waals surface area contributed by atoms with Gasteiger partial charge in [0.1, 0.15) is 0 Å². The fraction of sp³-hybridized carbons (Fsp3) is 0.294. The summed E-state index contributed by atoms with van der Waals surface area (Å²) >= 11 is 0. The lowest BCUT2D eigenvalue weighted by molar-refractivity contribution is -0.129. The van der Waals surface area contributed by atoms with Crippen molar-refractivity contribution in [3.05, 3.63) is 47.9 Å². The molecule has 0 bridgehead atoms. The lowest BCUT2D eigenvalue weighted by Crippen LogP contribution is -2.28. The first-order chi connectivity index (χ1) is 11.5. The van der Waals surface area contributed by atoms with E-state index in [-0.39, 0.29) is 12.3 Å². The number of hydrogen-bond donors (Lipinski definition) is 1. The Morgan fingerprint density at radius 3 is 2.54 bits per heavy atom. The highest BCUT2D eigenvalue weighted by Crippen LogP contribution is 2.16. The summed E-state index contributed by atoms with van der Waals surface area (Å²) in [5.74, 6) is 0.665. The third-order valence-corrected chi connectivity index (χ3v) is 3.81. The molecule has 0 radical (unpaired) electrons. The third kappa shape index (κ3) is 3.34. The van der Waals surface area contributed by atoms with Crippen LogP contribution < -0.4 is 4.90 Å². The second kappa shape index (κ2) is 6.66. The summed E-state index contributed by atoms with van der Waals surface area (Å²) < 4.78 is 0. The summed E-state index contributed by atoms with van der Waals surface area (Å²) in [6.45, 7) is 0.471. The van der Waals surface area contributed by atoms with Crippen molar-refractivity contribution >= 4 is 22.8 Å². The smallest absolute Gasteiger partial charge is 0.228 e. The third-order valence-electron chi connectivity index (χ3n) is 3.81. The Balaban J connectivity index is 1.66. The monoisotopic (exact) mass is 324 g/mol. The van der Waals surface area contributed by atoms with Crippen LogP contribution in [0.4, 0.5) is 5.95 Å². The van der Waals surface area contributed by atoms with Gasteiger partial charge >= 0.3 is 0 Å². The van der Waals surface area contributed by atoms with Crippen LogP contribution in [0.2, 0.25) is 0 Å². The molecule has 2 heterocycles. The number of hydrogen-bond acceptors (Lipinski definition) is 5. The average Bonchev–Trinajstić information content (AvgIpc) is 2.98. The molecular formula is C17H20N6O. The van der Waals surface area contributed by atoms with E-state index < -0.39 is 0 Å². The number of carbonyl (C=O) groups excluding carboxylic acids is 1. The maximum atomic E-state index is 12.5. The standard InChI is InChI=1S/C17H20N6O/c1-22(2)17-18-9-12(10-19-17)11-23(3)16(24)8-15-13-6-4-5-7-14(13)20-21-15/h4-7,9-10H,8,11H2,1-3H3,(H,20,21). The first kappa shape index (κ1) is 15.9. The molecule has 0 aliphatic carbocycles. The van der Waals surface area contributed by atoms with Gasteiger partial charge in [-0.15, -0.1) is 0 Å². The molecule has 1 N–H and O–H groups in total. The second-order valence-electron chi connectivity index (χ2n) is 5.93. The zero-order valence-electron chi connectivity index (χ0n) is 14.0. The molecule has 1 aromatic carbocycles. The highest BCUT2D eigenvalue weighted by molar-refractivity contribution is 5.87. The van der Waals surface area contributed by atoms with Crippen LogP contribution in [0.15, 0.2) is 36.7 Å². The van der Waals surface area contributed by atoms with E-state index in [0.717, 1.165) is 22.2 Å². The number of aromatic amines is 1. The molecule has 0 aliphatic heterocycles. The van der Waals surface area contributed by atoms with E-state index in [2.05, 4.69) is 20.2 Å². The van der Waals surface area contributed by atoms with E-state index in [1.165, 1.54) is 0 Å². The van der Waals surface area contributed by atoms with Gasteiger partial charge < -0.3 is 9.80 Å². The quantitative estimate of drug-likeness (QED) is 0.771. The predicted molar refractivity (Wildman–Crippen MR) is 92.6 cm³/mol. The number of nitrogens with zero attached hydrogens (tertiary/aromatic N) is 5. The Morgan fingerprint density at radius 1 is 1.12 bits per heavy atom. The number of amides is 1. The zero-order chi connectivity index (χ0) is 17.1. The summed E-state index contributed by atoms with van der Waals surface area (Å²) in [4.78, 5) is 24.5. The van der Waals surface area contributed by atoms with Gasteiger partial charge in [0.15, 0.2) is 0 Å². The van der Waals surface area contributed by atoms with Crippen molar-refractivity contribution in [2.45, 2.75) is 13.0 Å². The number of anilines is 1. The maximum Gasteiger partial charge on any atom is 0.228 e. The zero-order valence-corrected chi connectivity index (χ0v) is 14.0. The van der Waals surface area contributed by atoms with Crippen LogP contribution in [0.3, 0.4) is 0 Å². The molecular weight excluding hydrogens is 304 g/mol. The van der Waals surface area contributed by atoms with Crippen LogP contribution in [-0.4, -0.2) is 52.1 Å². The van der Waals surface area contributed by atoms with Crippen molar-refractivity contribution in [2.24, 2.45) is 0 Å². The molecule has 124 valence electrons. The molecule has 0 unspecified atom stereocenters. The molecule has 7 heteroatoms. The van der Waals surface area contributed by atoms with E-state index in [9.17, 15) is 4.79 Å². The number of aromatic nitrogens is 4. The largest absolute Gasteiger partial charge is 0.347 e. The molecule has 0 saturated carbocycles. The normalized spacial score (nSPS) is 10.8. The fourth-order valence-electron chi connectivity index (χ4n) is 2.46. The van der Waals surface area contributed by atoms with E-state index >= 15 is 0 Å². The number of para-hydroxylation sites is 1. The molecule has 0 aliphatic rings. The number of H-pyrrole nitrogens is 1. The van der Waals surface area contributed by atoms with Crippen molar-refractivity contribution in [2.75, 3.05) is 26.0 Å². The molecule has 0 atom stereocenters. The minimum atomic E-state index is 0.0149. The molecule has 3 aromatic rings. The fourth-order valence-corrected chi connectivity index (χ4v) is 2.46. The van der Waals surface area contributed by atoms with Crippen LogP contribution in [0.5, 0.6) is 0 Å². The van der Waals surface area contributed by atoms with Gasteiger partial charge in [-0.1, -0.05) is 18.2 Å². The van der Waals surface area contributed by atoms with Crippen LogP contribution in [-0.2, 0) is 17.8 Å². The number of nitrogens with one attached hydrogen (secondary N) is 1. The Labute approximate surface area is 140 Å². The minimum Gasteiger partial charge on any atom is -0.347 e. The number of rotatable bonds is 5. The molecule has 3 rings (SSSR count). The predicted octanol–water partition coefficient (Wildman–Crippen LogP) is 1.62. The number of fused-ring (bicyclic) bond motifs is 1. The van der Waals surface area contributed by atoms with Gasteiger partial charge in [0.05, 0.1) is 17.6 Å². The molecule has 2 aromatic heterocycles. The number of benzene rings is 1. The van der Waals surface area contributed by atoms with Gasteiger partial charge in [0.25, 0.3) is 0 Å². The first-order valence-electron chi connectivity index (χ1n) is 7.69. The number of likely N-dealkylation sites (N-methyl/N-ethyl adjacent to an activating group) is 1. The average molecular weight is 324 g/mol. The van der Waals surface area contributed by atoms with Crippen molar-refractivity contribution in [1.29, 1.82) is 0 Å². The lowest BCUT2D eigenvalue weighted by atomic mass is 10.1.